The summed E-state index contributed by atoms with van der Waals surface area (Å²) in [4.78, 5) is 3.52. The van der Waals surface area contributed by atoms with Crippen molar-refractivity contribution in [3.63, 3.8) is 0 Å². The molecule has 2 unspecified atom stereocenters. The van der Waals surface area contributed by atoms with Crippen molar-refractivity contribution in [3.05, 3.63) is 53.1 Å². The number of benzene rings is 1. The van der Waals surface area contributed by atoms with Crippen LogP contribution in [0.5, 0.6) is 11.5 Å². The van der Waals surface area contributed by atoms with Gasteiger partial charge in [0.05, 0.1) is 12.4 Å². The molecule has 2 aliphatic rings. The molecule has 2 atom stereocenters. The number of aromatic nitrogens is 1. The quantitative estimate of drug-likeness (QED) is 0.667. The van der Waals surface area contributed by atoms with E-state index in [9.17, 15) is 32.2 Å². The van der Waals surface area contributed by atoms with E-state index in [0.717, 1.165) is 30.6 Å². The van der Waals surface area contributed by atoms with Crippen LogP contribution in [0.2, 0.25) is 0 Å². The van der Waals surface area contributed by atoms with Crippen molar-refractivity contribution in [1.29, 1.82) is 5.26 Å². The first-order valence-corrected chi connectivity index (χ1v) is 6.99. The van der Waals surface area contributed by atoms with Crippen LogP contribution in [-0.2, 0) is 11.4 Å². The van der Waals surface area contributed by atoms with Crippen molar-refractivity contribution in [2.24, 2.45) is 0 Å². The van der Waals surface area contributed by atoms with E-state index >= 15 is 0 Å². The second-order valence-corrected chi connectivity index (χ2v) is 5.83. The number of rotatable bonds is 2. The first-order chi connectivity index (χ1) is 11.7. The molecule has 25 heavy (non-hydrogen) atoms. The average Bonchev–Trinajstić information content (AvgIpc) is 2.97. The van der Waals surface area contributed by atoms with Gasteiger partial charge in [0.1, 0.15) is 34.4 Å². The summed E-state index contributed by atoms with van der Waals surface area (Å²) in [6.45, 7) is -2.87. The monoisotopic (exact) mass is 352 g/mol. The maximum absolute atomic E-state index is 14.4. The number of nitriles is 1. The van der Waals surface area contributed by atoms with Crippen LogP contribution in [-0.4, -0.2) is 22.6 Å². The summed E-state index contributed by atoms with van der Waals surface area (Å²) in [6, 6.07) is 4.13. The molecule has 1 aliphatic carbocycles. The molecule has 2 heterocycles. The highest BCUT2D eigenvalue weighted by Crippen LogP contribution is 2.74. The van der Waals surface area contributed by atoms with Crippen LogP contribution in [0, 0.1) is 17.1 Å². The number of hydrogen-bond donors (Lipinski definition) is 1. The Morgan fingerprint density at radius 2 is 1.96 bits per heavy atom. The van der Waals surface area contributed by atoms with Gasteiger partial charge in [0.2, 0.25) is 5.57 Å². The number of halogens is 5. The number of hydrogen-bond acceptors (Lipinski definition) is 4. The predicted octanol–water partition coefficient (Wildman–Crippen LogP) is 2.94. The van der Waals surface area contributed by atoms with E-state index in [0.29, 0.717) is 0 Å². The minimum absolute atomic E-state index is 0.160. The summed E-state index contributed by atoms with van der Waals surface area (Å²) >= 11 is 0. The van der Waals surface area contributed by atoms with Gasteiger partial charge in [-0.3, -0.25) is 4.98 Å². The lowest BCUT2D eigenvalue weighted by molar-refractivity contribution is -0.107. The van der Waals surface area contributed by atoms with E-state index in [1.165, 1.54) is 6.07 Å². The first kappa shape index (κ1) is 15.8. The molecular formula is C15H6BF5N2O2. The fourth-order valence-corrected chi connectivity index (χ4v) is 3.30. The molecule has 2 aromatic rings. The lowest BCUT2D eigenvalue weighted by Crippen LogP contribution is -2.31. The molecule has 1 aromatic heterocycles. The predicted molar refractivity (Wildman–Crippen MR) is 73.9 cm³/mol. The van der Waals surface area contributed by atoms with Gasteiger partial charge in [-0.05, 0) is 12.1 Å². The zero-order chi connectivity index (χ0) is 18.2. The van der Waals surface area contributed by atoms with Crippen LogP contribution in [0.15, 0.2) is 30.6 Å². The van der Waals surface area contributed by atoms with Gasteiger partial charge >= 0.3 is 12.9 Å². The summed E-state index contributed by atoms with van der Waals surface area (Å²) in [5.41, 5.74) is -9.43. The topological polar surface area (TPSA) is 66.1 Å². The van der Waals surface area contributed by atoms with Crippen LogP contribution < -0.4 is 4.74 Å². The van der Waals surface area contributed by atoms with Gasteiger partial charge in [0, 0.05) is 17.2 Å². The Balaban J connectivity index is 1.89. The minimum Gasteiger partial charge on any atom is -0.454 e. The molecule has 0 saturated carbocycles. The van der Waals surface area contributed by atoms with Gasteiger partial charge in [-0.1, -0.05) is 0 Å². The molecule has 1 N–H and O–H groups in total. The number of nitrogens with zero attached hydrogens (tertiary/aromatic N) is 2. The Bertz CT molecular complexity index is 965. The third-order valence-corrected chi connectivity index (χ3v) is 4.55. The number of fused-ring (bicyclic) bond motifs is 3. The van der Waals surface area contributed by atoms with Crippen molar-refractivity contribution in [2.45, 2.75) is 17.0 Å². The Labute approximate surface area is 137 Å². The zero-order valence-electron chi connectivity index (χ0n) is 12.1. The highest BCUT2D eigenvalue weighted by atomic mass is 19.3. The van der Waals surface area contributed by atoms with E-state index in [4.69, 9.17) is 4.74 Å². The molecule has 0 spiro atoms. The molecule has 1 aliphatic heterocycles. The van der Waals surface area contributed by atoms with Crippen molar-refractivity contribution in [2.75, 3.05) is 0 Å². The van der Waals surface area contributed by atoms with E-state index in [1.807, 2.05) is 0 Å². The molecular weight excluding hydrogens is 346 g/mol. The lowest BCUT2D eigenvalue weighted by Gasteiger charge is -2.18. The summed E-state index contributed by atoms with van der Waals surface area (Å²) < 4.78 is 74.9. The SMILES string of the molecule is N#Cc1c(Oc2cncc(F)c2)ccc2c1C1(O)B(F)C1(F)C2(F)F. The molecule has 1 aromatic carbocycles. The van der Waals surface area contributed by atoms with Crippen molar-refractivity contribution in [3.8, 4) is 17.6 Å². The smallest absolute Gasteiger partial charge is 0.436 e. The van der Waals surface area contributed by atoms with Crippen LogP contribution in [0.3, 0.4) is 0 Å². The van der Waals surface area contributed by atoms with Gasteiger partial charge in [0.15, 0.2) is 0 Å². The fraction of sp³-hybridized carbons (Fsp3) is 0.200. The molecule has 0 amide bonds. The van der Waals surface area contributed by atoms with E-state index < -0.39 is 46.5 Å². The third kappa shape index (κ3) is 1.61. The number of aliphatic hydroxyl groups is 1. The maximum Gasteiger partial charge on any atom is 0.436 e. The molecule has 1 saturated heterocycles. The number of ether oxygens (including phenoxy) is 1. The Morgan fingerprint density at radius 1 is 1.24 bits per heavy atom. The van der Waals surface area contributed by atoms with Crippen molar-refractivity contribution < 1.29 is 31.7 Å². The van der Waals surface area contributed by atoms with Gasteiger partial charge < -0.3 is 14.2 Å². The number of alkyl halides is 3. The Morgan fingerprint density at radius 3 is 2.60 bits per heavy atom. The molecule has 0 bridgehead atoms. The zero-order valence-corrected chi connectivity index (χ0v) is 12.1. The van der Waals surface area contributed by atoms with Gasteiger partial charge in [0.25, 0.3) is 0 Å². The summed E-state index contributed by atoms with van der Waals surface area (Å²) in [7, 11) is 0. The second kappa shape index (κ2) is 4.49. The highest BCUT2D eigenvalue weighted by molar-refractivity contribution is 6.72. The highest BCUT2D eigenvalue weighted by Gasteiger charge is 2.98. The van der Waals surface area contributed by atoms with E-state index in [2.05, 4.69) is 4.98 Å². The maximum atomic E-state index is 14.4. The Kier molecular flexibility index (Phi) is 2.84. The van der Waals surface area contributed by atoms with Crippen LogP contribution >= 0.6 is 0 Å². The van der Waals surface area contributed by atoms with Crippen LogP contribution in [0.25, 0.3) is 0 Å². The van der Waals surface area contributed by atoms with Crippen molar-refractivity contribution in [1.82, 2.24) is 4.98 Å². The van der Waals surface area contributed by atoms with Gasteiger partial charge in [-0.2, -0.15) is 14.0 Å². The van der Waals surface area contributed by atoms with Crippen LogP contribution in [0.4, 0.5) is 21.9 Å². The third-order valence-electron chi connectivity index (χ3n) is 4.55. The van der Waals surface area contributed by atoms with Crippen molar-refractivity contribution >= 4 is 6.99 Å². The average molecular weight is 352 g/mol. The van der Waals surface area contributed by atoms with E-state index in [-0.39, 0.29) is 11.5 Å². The molecule has 0 radical (unpaired) electrons. The summed E-state index contributed by atoms with van der Waals surface area (Å²) in [6.07, 6.45) is 1.98. The number of pyridine rings is 1. The standard InChI is InChI=1S/C15H6BF5N2O2/c17-7-3-8(6-23-5-7)25-11-2-1-10-12(9(11)4-22)13(24)15(20,16(13)21)14(10,18)19/h1-3,5-6,24H. The fourth-order valence-electron chi connectivity index (χ4n) is 3.30. The largest absolute Gasteiger partial charge is 0.454 e. The molecule has 4 rings (SSSR count). The molecule has 126 valence electrons. The second-order valence-electron chi connectivity index (χ2n) is 5.83. The first-order valence-electron chi connectivity index (χ1n) is 6.99. The molecule has 4 nitrogen and oxygen atoms in total. The van der Waals surface area contributed by atoms with E-state index in [1.54, 1.807) is 0 Å². The lowest BCUT2D eigenvalue weighted by atomic mass is 9.76. The van der Waals surface area contributed by atoms with Gasteiger partial charge in [-0.25, -0.2) is 8.78 Å². The Hall–Kier alpha value is -2.67. The van der Waals surface area contributed by atoms with Crippen LogP contribution in [0.1, 0.15) is 16.7 Å². The van der Waals surface area contributed by atoms with Gasteiger partial charge in [-0.15, -0.1) is 0 Å². The summed E-state index contributed by atoms with van der Waals surface area (Å²) in [5.74, 6) is -5.58. The molecule has 10 heteroatoms. The minimum atomic E-state index is -4.30. The molecule has 1 fully saturated rings. The summed E-state index contributed by atoms with van der Waals surface area (Å²) in [5, 5.41) is 19.4. The normalized spacial score (nSPS) is 28.1.